The number of ether oxygens (including phenoxy) is 1. The topological polar surface area (TPSA) is 87.1 Å². The average molecular weight is 396 g/mol. The molecule has 8 heteroatoms. The highest BCUT2D eigenvalue weighted by molar-refractivity contribution is 5.96. The number of nitrogens with one attached hydrogen (secondary N) is 1. The van der Waals surface area contributed by atoms with Crippen LogP contribution in [0.3, 0.4) is 0 Å². The summed E-state index contributed by atoms with van der Waals surface area (Å²) < 4.78 is 7.07. The SMILES string of the molecule is CCCCOC(=O)N1CCN(C(=O)c2cc3[nH]c(=O)c4ccccc4n3c2)CC1. The summed E-state index contributed by atoms with van der Waals surface area (Å²) in [5.74, 6) is -0.113. The van der Waals surface area contributed by atoms with Crippen molar-refractivity contribution in [3.05, 3.63) is 52.4 Å². The summed E-state index contributed by atoms with van der Waals surface area (Å²) in [7, 11) is 0. The molecule has 4 rings (SSSR count). The second-order valence-electron chi connectivity index (χ2n) is 7.20. The van der Waals surface area contributed by atoms with Crippen molar-refractivity contribution in [2.45, 2.75) is 19.8 Å². The van der Waals surface area contributed by atoms with Crippen LogP contribution in [0.25, 0.3) is 16.6 Å². The summed E-state index contributed by atoms with van der Waals surface area (Å²) in [6, 6.07) is 8.98. The molecule has 152 valence electrons. The van der Waals surface area contributed by atoms with E-state index in [0.717, 1.165) is 18.4 Å². The molecule has 0 radical (unpaired) electrons. The lowest BCUT2D eigenvalue weighted by atomic mass is 10.2. The van der Waals surface area contributed by atoms with Crippen LogP contribution in [0.4, 0.5) is 4.79 Å². The molecule has 0 atom stereocenters. The van der Waals surface area contributed by atoms with Crippen molar-refractivity contribution in [2.75, 3.05) is 32.8 Å². The second kappa shape index (κ2) is 7.98. The molecule has 1 N–H and O–H groups in total. The van der Waals surface area contributed by atoms with Crippen molar-refractivity contribution >= 4 is 28.6 Å². The summed E-state index contributed by atoms with van der Waals surface area (Å²) in [4.78, 5) is 43.5. The Balaban J connectivity index is 1.48. The third-order valence-electron chi connectivity index (χ3n) is 5.27. The maximum atomic E-state index is 13.0. The van der Waals surface area contributed by atoms with Gasteiger partial charge < -0.3 is 23.9 Å². The molecule has 1 fully saturated rings. The average Bonchev–Trinajstić information content (AvgIpc) is 3.18. The van der Waals surface area contributed by atoms with Crippen molar-refractivity contribution in [1.82, 2.24) is 19.2 Å². The summed E-state index contributed by atoms with van der Waals surface area (Å²) in [5, 5.41) is 0.574. The smallest absolute Gasteiger partial charge is 0.409 e. The van der Waals surface area contributed by atoms with Crippen LogP contribution >= 0.6 is 0 Å². The molecule has 0 aliphatic carbocycles. The van der Waals surface area contributed by atoms with Gasteiger partial charge in [0.2, 0.25) is 0 Å². The van der Waals surface area contributed by atoms with E-state index in [4.69, 9.17) is 4.74 Å². The van der Waals surface area contributed by atoms with Gasteiger partial charge >= 0.3 is 6.09 Å². The maximum Gasteiger partial charge on any atom is 0.409 e. The number of unbranched alkanes of at least 4 members (excludes halogenated alkanes) is 1. The number of aromatic nitrogens is 2. The predicted octanol–water partition coefficient (Wildman–Crippen LogP) is 2.48. The lowest BCUT2D eigenvalue weighted by Crippen LogP contribution is -2.50. The van der Waals surface area contributed by atoms with Crippen molar-refractivity contribution < 1.29 is 14.3 Å². The Bertz CT molecular complexity index is 1110. The van der Waals surface area contributed by atoms with Crippen molar-refractivity contribution in [2.24, 2.45) is 0 Å². The molecule has 1 saturated heterocycles. The first kappa shape index (κ1) is 19.0. The van der Waals surface area contributed by atoms with E-state index in [9.17, 15) is 14.4 Å². The molecule has 0 unspecified atom stereocenters. The Labute approximate surface area is 167 Å². The molecule has 0 spiro atoms. The van der Waals surface area contributed by atoms with Crippen LogP contribution in [0.5, 0.6) is 0 Å². The number of carbonyl (C=O) groups is 2. The van der Waals surface area contributed by atoms with Gasteiger partial charge in [0, 0.05) is 32.4 Å². The summed E-state index contributed by atoms with van der Waals surface area (Å²) in [6.45, 7) is 4.27. The minimum Gasteiger partial charge on any atom is -0.449 e. The molecular formula is C21H24N4O4. The second-order valence-corrected chi connectivity index (χ2v) is 7.20. The highest BCUT2D eigenvalue weighted by Crippen LogP contribution is 2.17. The van der Waals surface area contributed by atoms with E-state index in [-0.39, 0.29) is 17.6 Å². The number of rotatable bonds is 4. The van der Waals surface area contributed by atoms with Gasteiger partial charge in [0.1, 0.15) is 5.65 Å². The van der Waals surface area contributed by atoms with Crippen molar-refractivity contribution in [1.29, 1.82) is 0 Å². The lowest BCUT2D eigenvalue weighted by Gasteiger charge is -2.34. The standard InChI is InChI=1S/C21H24N4O4/c1-2-3-12-29-21(28)24-10-8-23(9-11-24)20(27)15-13-18-22-19(26)16-6-4-5-7-17(16)25(18)14-15/h4-7,13-14H,2-3,8-12H2,1H3,(H,22,26). The molecule has 0 bridgehead atoms. The molecular weight excluding hydrogens is 372 g/mol. The number of fused-ring (bicyclic) bond motifs is 3. The molecule has 0 saturated carbocycles. The van der Waals surface area contributed by atoms with Gasteiger partial charge in [-0.25, -0.2) is 4.79 Å². The van der Waals surface area contributed by atoms with E-state index in [1.54, 1.807) is 28.1 Å². The van der Waals surface area contributed by atoms with Crippen LogP contribution < -0.4 is 5.56 Å². The third kappa shape index (κ3) is 3.70. The van der Waals surface area contributed by atoms with Gasteiger partial charge in [-0.3, -0.25) is 9.59 Å². The molecule has 29 heavy (non-hydrogen) atoms. The molecule has 1 aliphatic heterocycles. The number of nitrogens with zero attached hydrogens (tertiary/aromatic N) is 3. The molecule has 3 heterocycles. The van der Waals surface area contributed by atoms with Crippen LogP contribution in [0, 0.1) is 0 Å². The van der Waals surface area contributed by atoms with Gasteiger partial charge in [-0.2, -0.15) is 0 Å². The van der Waals surface area contributed by atoms with Crippen LogP contribution in [0.15, 0.2) is 41.3 Å². The molecule has 2 aromatic heterocycles. The van der Waals surface area contributed by atoms with Crippen LogP contribution in [0.1, 0.15) is 30.1 Å². The summed E-state index contributed by atoms with van der Waals surface area (Å²) >= 11 is 0. The Morgan fingerprint density at radius 2 is 1.83 bits per heavy atom. The molecule has 2 amide bonds. The van der Waals surface area contributed by atoms with Crippen molar-refractivity contribution in [3.63, 3.8) is 0 Å². The fourth-order valence-corrected chi connectivity index (χ4v) is 3.60. The predicted molar refractivity (Wildman–Crippen MR) is 109 cm³/mol. The molecule has 3 aromatic rings. The zero-order valence-electron chi connectivity index (χ0n) is 16.4. The van der Waals surface area contributed by atoms with Crippen LogP contribution in [-0.4, -0.2) is 64.0 Å². The van der Waals surface area contributed by atoms with Crippen molar-refractivity contribution in [3.8, 4) is 0 Å². The Kier molecular flexibility index (Phi) is 5.24. The summed E-state index contributed by atoms with van der Waals surface area (Å²) in [5.41, 5.74) is 1.66. The summed E-state index contributed by atoms with van der Waals surface area (Å²) in [6.07, 6.45) is 3.26. The first-order valence-electron chi connectivity index (χ1n) is 9.92. The first-order chi connectivity index (χ1) is 14.1. The fraction of sp³-hybridized carbons (Fsp3) is 0.381. The zero-order valence-corrected chi connectivity index (χ0v) is 16.4. The van der Waals surface area contributed by atoms with E-state index >= 15 is 0 Å². The number of carbonyl (C=O) groups excluding carboxylic acids is 2. The Morgan fingerprint density at radius 1 is 1.10 bits per heavy atom. The molecule has 1 aliphatic rings. The van der Waals surface area contributed by atoms with E-state index in [1.165, 1.54) is 0 Å². The first-order valence-corrected chi connectivity index (χ1v) is 9.92. The molecule has 8 nitrogen and oxygen atoms in total. The highest BCUT2D eigenvalue weighted by atomic mass is 16.6. The maximum absolute atomic E-state index is 13.0. The monoisotopic (exact) mass is 396 g/mol. The lowest BCUT2D eigenvalue weighted by molar-refractivity contribution is 0.0558. The van der Waals surface area contributed by atoms with Crippen LogP contribution in [0.2, 0.25) is 0 Å². The zero-order chi connectivity index (χ0) is 20.4. The highest BCUT2D eigenvalue weighted by Gasteiger charge is 2.26. The normalized spacial score (nSPS) is 14.5. The quantitative estimate of drug-likeness (QED) is 0.687. The number of H-pyrrole nitrogens is 1. The Hall–Kier alpha value is -3.29. The minimum absolute atomic E-state index is 0.113. The van der Waals surface area contributed by atoms with E-state index in [2.05, 4.69) is 4.98 Å². The van der Waals surface area contributed by atoms with Gasteiger partial charge in [0.05, 0.1) is 23.1 Å². The van der Waals surface area contributed by atoms with Gasteiger partial charge in [0.15, 0.2) is 0 Å². The molecule has 1 aromatic carbocycles. The largest absolute Gasteiger partial charge is 0.449 e. The Morgan fingerprint density at radius 3 is 2.59 bits per heavy atom. The number of amides is 2. The van der Waals surface area contributed by atoms with Gasteiger partial charge in [-0.05, 0) is 24.6 Å². The van der Waals surface area contributed by atoms with E-state index in [0.29, 0.717) is 49.4 Å². The number of hydrogen-bond acceptors (Lipinski definition) is 4. The number of hydrogen-bond donors (Lipinski definition) is 1. The number of piperazine rings is 1. The van der Waals surface area contributed by atoms with Gasteiger partial charge in [0.25, 0.3) is 11.5 Å². The number of para-hydroxylation sites is 1. The fourth-order valence-electron chi connectivity index (χ4n) is 3.60. The number of benzene rings is 1. The number of aromatic amines is 1. The van der Waals surface area contributed by atoms with Gasteiger partial charge in [-0.1, -0.05) is 25.5 Å². The van der Waals surface area contributed by atoms with Gasteiger partial charge in [-0.15, -0.1) is 0 Å². The van der Waals surface area contributed by atoms with E-state index < -0.39 is 0 Å². The minimum atomic E-state index is -0.316. The van der Waals surface area contributed by atoms with Crippen LogP contribution in [-0.2, 0) is 4.74 Å². The van der Waals surface area contributed by atoms with E-state index in [1.807, 2.05) is 29.5 Å². The third-order valence-corrected chi connectivity index (χ3v) is 5.27.